The Hall–Kier alpha value is -1.49. The molecule has 0 radical (unpaired) electrons. The zero-order valence-corrected chi connectivity index (χ0v) is 11.5. The molecule has 2 heterocycles. The van der Waals surface area contributed by atoms with E-state index in [1.807, 2.05) is 11.8 Å². The lowest BCUT2D eigenvalue weighted by Gasteiger charge is -2.29. The van der Waals surface area contributed by atoms with E-state index in [2.05, 4.69) is 4.98 Å². The molecule has 2 aliphatic rings. The van der Waals surface area contributed by atoms with Crippen LogP contribution in [0.1, 0.15) is 37.9 Å². The summed E-state index contributed by atoms with van der Waals surface area (Å²) in [7, 11) is 0. The number of hydrogen-bond acceptors (Lipinski definition) is 3. The molecule has 1 aliphatic heterocycles. The Morgan fingerprint density at radius 2 is 2.30 bits per heavy atom. The van der Waals surface area contributed by atoms with E-state index in [4.69, 9.17) is 0 Å². The predicted molar refractivity (Wildman–Crippen MR) is 71.6 cm³/mol. The molecular weight excluding hydrogens is 259 g/mol. The maximum atomic E-state index is 12.9. The molecule has 3 rings (SSSR count). The molecule has 0 bridgehead atoms. The monoisotopic (exact) mass is 278 g/mol. The molecule has 1 aliphatic carbocycles. The highest BCUT2D eigenvalue weighted by molar-refractivity contribution is 5.74. The van der Waals surface area contributed by atoms with Crippen LogP contribution in [0.5, 0.6) is 0 Å². The van der Waals surface area contributed by atoms with Crippen molar-refractivity contribution in [3.05, 3.63) is 29.8 Å². The molecule has 1 saturated heterocycles. The van der Waals surface area contributed by atoms with Gasteiger partial charge in [0.1, 0.15) is 11.9 Å². The molecule has 0 amide bonds. The van der Waals surface area contributed by atoms with Crippen molar-refractivity contribution in [2.24, 2.45) is 11.8 Å². The molecule has 1 aromatic heterocycles. The van der Waals surface area contributed by atoms with Gasteiger partial charge in [0, 0.05) is 6.54 Å². The van der Waals surface area contributed by atoms with Crippen LogP contribution in [0.3, 0.4) is 0 Å². The first-order valence-corrected chi connectivity index (χ1v) is 7.18. The van der Waals surface area contributed by atoms with Gasteiger partial charge < -0.3 is 5.11 Å². The highest BCUT2D eigenvalue weighted by atomic mass is 19.1. The molecule has 0 aromatic carbocycles. The molecular formula is C15H19FN2O2. The lowest BCUT2D eigenvalue weighted by Crippen LogP contribution is -2.41. The Balaban J connectivity index is 1.84. The third kappa shape index (κ3) is 2.20. The van der Waals surface area contributed by atoms with Crippen molar-refractivity contribution in [2.45, 2.75) is 38.3 Å². The number of carbonyl (C=O) groups is 1. The number of halogens is 1. The minimum Gasteiger partial charge on any atom is -0.480 e. The number of likely N-dealkylation sites (tertiary alicyclic amines) is 1. The van der Waals surface area contributed by atoms with Crippen LogP contribution in [-0.2, 0) is 4.79 Å². The van der Waals surface area contributed by atoms with Crippen LogP contribution in [0.4, 0.5) is 4.39 Å². The van der Waals surface area contributed by atoms with Crippen LogP contribution in [0.2, 0.25) is 0 Å². The summed E-state index contributed by atoms with van der Waals surface area (Å²) in [6.07, 6.45) is 4.45. The summed E-state index contributed by atoms with van der Waals surface area (Å²) >= 11 is 0. The Bertz CT molecular complexity index is 505. The molecule has 1 saturated carbocycles. The third-order valence-corrected chi connectivity index (χ3v) is 4.85. The lowest BCUT2D eigenvalue weighted by molar-refractivity contribution is -0.144. The van der Waals surface area contributed by atoms with E-state index in [0.717, 1.165) is 31.5 Å². The van der Waals surface area contributed by atoms with E-state index in [9.17, 15) is 14.3 Å². The number of carboxylic acid groups (broad SMARTS) is 1. The summed E-state index contributed by atoms with van der Waals surface area (Å²) in [5, 5.41) is 9.55. The van der Waals surface area contributed by atoms with E-state index in [-0.39, 0.29) is 17.8 Å². The highest BCUT2D eigenvalue weighted by Crippen LogP contribution is 2.45. The van der Waals surface area contributed by atoms with E-state index < -0.39 is 12.0 Å². The molecule has 4 unspecified atom stereocenters. The van der Waals surface area contributed by atoms with Crippen LogP contribution >= 0.6 is 0 Å². The third-order valence-electron chi connectivity index (χ3n) is 4.85. The maximum Gasteiger partial charge on any atom is 0.321 e. The number of aliphatic carboxylic acids is 1. The first-order valence-electron chi connectivity index (χ1n) is 7.18. The Labute approximate surface area is 117 Å². The quantitative estimate of drug-likeness (QED) is 0.923. The van der Waals surface area contributed by atoms with Gasteiger partial charge in [-0.2, -0.15) is 0 Å². The van der Waals surface area contributed by atoms with Crippen LogP contribution in [0.15, 0.2) is 18.3 Å². The lowest BCUT2D eigenvalue weighted by atomic mass is 9.94. The first-order chi connectivity index (χ1) is 9.58. The maximum absolute atomic E-state index is 12.9. The average Bonchev–Trinajstić information content (AvgIpc) is 2.97. The van der Waals surface area contributed by atoms with Crippen molar-refractivity contribution in [1.82, 2.24) is 9.88 Å². The molecule has 108 valence electrons. The predicted octanol–water partition coefficient (Wildman–Crippen LogP) is 2.47. The molecule has 1 N–H and O–H groups in total. The standard InChI is InChI=1S/C15H19FN2O2/c1-9(13-6-5-11(16)7-17-13)18-8-10-3-2-4-12(10)14(18)15(19)20/h5-7,9-10,12,14H,2-4,8H2,1H3,(H,19,20). The smallest absolute Gasteiger partial charge is 0.321 e. The van der Waals surface area contributed by atoms with Gasteiger partial charge in [0.05, 0.1) is 17.9 Å². The normalized spacial score (nSPS) is 31.2. The summed E-state index contributed by atoms with van der Waals surface area (Å²) in [4.78, 5) is 17.7. The summed E-state index contributed by atoms with van der Waals surface area (Å²) in [5.41, 5.74) is 0.734. The number of pyridine rings is 1. The van der Waals surface area contributed by atoms with E-state index in [1.54, 1.807) is 6.07 Å². The summed E-state index contributed by atoms with van der Waals surface area (Å²) in [6.45, 7) is 2.76. The van der Waals surface area contributed by atoms with Gasteiger partial charge in [-0.25, -0.2) is 4.39 Å². The summed E-state index contributed by atoms with van der Waals surface area (Å²) in [5.74, 6) is -0.364. The van der Waals surface area contributed by atoms with Gasteiger partial charge >= 0.3 is 5.97 Å². The van der Waals surface area contributed by atoms with E-state index in [0.29, 0.717) is 5.92 Å². The molecule has 4 atom stereocenters. The van der Waals surface area contributed by atoms with Crippen molar-refractivity contribution in [2.75, 3.05) is 6.54 Å². The molecule has 20 heavy (non-hydrogen) atoms. The second kappa shape index (κ2) is 5.13. The van der Waals surface area contributed by atoms with Crippen molar-refractivity contribution in [3.63, 3.8) is 0 Å². The van der Waals surface area contributed by atoms with E-state index >= 15 is 0 Å². The first kappa shape index (κ1) is 13.5. The molecule has 4 nitrogen and oxygen atoms in total. The zero-order chi connectivity index (χ0) is 14.3. The summed E-state index contributed by atoms with van der Waals surface area (Å²) < 4.78 is 12.9. The number of carboxylic acids is 1. The average molecular weight is 278 g/mol. The van der Waals surface area contributed by atoms with Crippen molar-refractivity contribution >= 4 is 5.97 Å². The van der Waals surface area contributed by atoms with Gasteiger partial charge in [-0.3, -0.25) is 14.7 Å². The van der Waals surface area contributed by atoms with Gasteiger partial charge in [-0.05, 0) is 43.7 Å². The molecule has 1 aromatic rings. The SMILES string of the molecule is CC(c1ccc(F)cn1)N1CC2CCCC2C1C(=O)O. The number of hydrogen-bond donors (Lipinski definition) is 1. The number of nitrogens with zero attached hydrogens (tertiary/aromatic N) is 2. The number of rotatable bonds is 3. The number of aromatic nitrogens is 1. The summed E-state index contributed by atoms with van der Waals surface area (Å²) in [6, 6.07) is 2.50. The molecule has 0 spiro atoms. The fraction of sp³-hybridized carbons (Fsp3) is 0.600. The Morgan fingerprint density at radius 1 is 1.50 bits per heavy atom. The van der Waals surface area contributed by atoms with Gasteiger partial charge in [0.15, 0.2) is 0 Å². The van der Waals surface area contributed by atoms with E-state index in [1.165, 1.54) is 12.3 Å². The Morgan fingerprint density at radius 3 is 2.95 bits per heavy atom. The second-order valence-corrected chi connectivity index (χ2v) is 5.91. The van der Waals surface area contributed by atoms with Crippen LogP contribution < -0.4 is 0 Å². The minimum absolute atomic E-state index is 0.0951. The largest absolute Gasteiger partial charge is 0.480 e. The van der Waals surface area contributed by atoms with Gasteiger partial charge in [0.25, 0.3) is 0 Å². The van der Waals surface area contributed by atoms with Crippen LogP contribution in [0.25, 0.3) is 0 Å². The Kier molecular flexibility index (Phi) is 3.46. The topological polar surface area (TPSA) is 53.4 Å². The van der Waals surface area contributed by atoms with Crippen molar-refractivity contribution in [1.29, 1.82) is 0 Å². The van der Waals surface area contributed by atoms with Crippen molar-refractivity contribution < 1.29 is 14.3 Å². The zero-order valence-electron chi connectivity index (χ0n) is 11.5. The van der Waals surface area contributed by atoms with Crippen LogP contribution in [0, 0.1) is 17.7 Å². The highest BCUT2D eigenvalue weighted by Gasteiger charge is 2.49. The minimum atomic E-state index is -0.742. The molecule has 5 heteroatoms. The fourth-order valence-corrected chi connectivity index (χ4v) is 3.87. The fourth-order valence-electron chi connectivity index (χ4n) is 3.87. The van der Waals surface area contributed by atoms with Gasteiger partial charge in [-0.15, -0.1) is 0 Å². The number of fused-ring (bicyclic) bond motifs is 1. The van der Waals surface area contributed by atoms with Crippen LogP contribution in [-0.4, -0.2) is 33.5 Å². The second-order valence-electron chi connectivity index (χ2n) is 5.91. The van der Waals surface area contributed by atoms with Gasteiger partial charge in [0.2, 0.25) is 0 Å². The molecule has 2 fully saturated rings. The van der Waals surface area contributed by atoms with Gasteiger partial charge in [-0.1, -0.05) is 6.42 Å². The van der Waals surface area contributed by atoms with Crippen molar-refractivity contribution in [3.8, 4) is 0 Å².